The molecule has 2 aromatic rings. The minimum Gasteiger partial charge on any atom is -0.481 e. The normalized spacial score (nSPS) is 12.4. The number of aryl methyl sites for hydroxylation is 2. The van der Waals surface area contributed by atoms with Crippen molar-refractivity contribution in [3.8, 4) is 10.4 Å². The number of nitrogens with two attached hydrogens (primary N) is 1. The third-order valence-electron chi connectivity index (χ3n) is 5.32. The number of hydrogen-bond acceptors (Lipinski definition) is 6. The van der Waals surface area contributed by atoms with Gasteiger partial charge in [-0.1, -0.05) is 24.3 Å². The van der Waals surface area contributed by atoms with Crippen molar-refractivity contribution in [2.24, 2.45) is 5.73 Å². The molecule has 188 valence electrons. The molecule has 3 amide bonds. The SMILES string of the molecule is Cc1ccsc1-c1ccc(CCC(=O)N[C@@H](CCC(=O)O)C(=O)NC(CCC(=O)O)C(N)=O)cc1. The molecule has 0 aliphatic carbocycles. The van der Waals surface area contributed by atoms with E-state index in [2.05, 4.69) is 10.6 Å². The number of thiophene rings is 1. The summed E-state index contributed by atoms with van der Waals surface area (Å²) in [5.41, 5.74) is 8.43. The van der Waals surface area contributed by atoms with Crippen LogP contribution < -0.4 is 16.4 Å². The summed E-state index contributed by atoms with van der Waals surface area (Å²) in [5.74, 6) is -4.52. The molecule has 0 bridgehead atoms. The van der Waals surface area contributed by atoms with Gasteiger partial charge in [0.15, 0.2) is 0 Å². The van der Waals surface area contributed by atoms with Gasteiger partial charge < -0.3 is 26.6 Å². The van der Waals surface area contributed by atoms with Gasteiger partial charge in [-0.15, -0.1) is 11.3 Å². The van der Waals surface area contributed by atoms with E-state index in [1.54, 1.807) is 11.3 Å². The van der Waals surface area contributed by atoms with Crippen molar-refractivity contribution in [3.05, 3.63) is 46.8 Å². The number of carbonyl (C=O) groups is 5. The zero-order valence-corrected chi connectivity index (χ0v) is 20.1. The highest BCUT2D eigenvalue weighted by Gasteiger charge is 2.26. The van der Waals surface area contributed by atoms with Gasteiger partial charge in [-0.25, -0.2) is 0 Å². The molecule has 0 radical (unpaired) electrons. The molecule has 35 heavy (non-hydrogen) atoms. The van der Waals surface area contributed by atoms with Gasteiger partial charge in [-0.3, -0.25) is 24.0 Å². The third-order valence-corrected chi connectivity index (χ3v) is 6.39. The monoisotopic (exact) mass is 503 g/mol. The second kappa shape index (κ2) is 13.2. The van der Waals surface area contributed by atoms with Crippen molar-refractivity contribution in [1.29, 1.82) is 0 Å². The van der Waals surface area contributed by atoms with Crippen LogP contribution in [-0.2, 0) is 30.4 Å². The predicted molar refractivity (Wildman–Crippen MR) is 130 cm³/mol. The fraction of sp³-hybridized carbons (Fsp3) is 0.375. The number of carbonyl (C=O) groups excluding carboxylic acids is 3. The fourth-order valence-electron chi connectivity index (χ4n) is 3.38. The average Bonchev–Trinajstić information content (AvgIpc) is 3.23. The van der Waals surface area contributed by atoms with E-state index in [1.807, 2.05) is 42.6 Å². The van der Waals surface area contributed by atoms with E-state index >= 15 is 0 Å². The molecule has 1 aromatic carbocycles. The van der Waals surface area contributed by atoms with E-state index in [1.165, 1.54) is 10.4 Å². The Hall–Kier alpha value is -3.73. The topological polar surface area (TPSA) is 176 Å². The van der Waals surface area contributed by atoms with E-state index < -0.39 is 54.6 Å². The molecule has 0 aliphatic rings. The van der Waals surface area contributed by atoms with E-state index in [0.717, 1.165) is 11.1 Å². The molecule has 1 aromatic heterocycles. The van der Waals surface area contributed by atoms with Crippen LogP contribution in [0.3, 0.4) is 0 Å². The Morgan fingerprint density at radius 2 is 1.49 bits per heavy atom. The Kier molecular flexibility index (Phi) is 10.4. The number of hydrogen-bond donors (Lipinski definition) is 5. The molecule has 1 unspecified atom stereocenters. The van der Waals surface area contributed by atoms with Crippen LogP contribution >= 0.6 is 11.3 Å². The lowest BCUT2D eigenvalue weighted by Crippen LogP contribution is -2.53. The highest BCUT2D eigenvalue weighted by atomic mass is 32.1. The van der Waals surface area contributed by atoms with E-state index in [0.29, 0.717) is 6.42 Å². The Labute approximate surface area is 206 Å². The van der Waals surface area contributed by atoms with Gasteiger partial charge in [0.1, 0.15) is 12.1 Å². The van der Waals surface area contributed by atoms with Gasteiger partial charge in [-0.05, 0) is 54.3 Å². The van der Waals surface area contributed by atoms with E-state index in [-0.39, 0.29) is 19.3 Å². The Morgan fingerprint density at radius 3 is 2.00 bits per heavy atom. The molecule has 1 heterocycles. The summed E-state index contributed by atoms with van der Waals surface area (Å²) < 4.78 is 0. The van der Waals surface area contributed by atoms with Gasteiger partial charge >= 0.3 is 11.9 Å². The van der Waals surface area contributed by atoms with Gasteiger partial charge in [0.05, 0.1) is 0 Å². The van der Waals surface area contributed by atoms with Gasteiger partial charge in [-0.2, -0.15) is 0 Å². The number of benzene rings is 1. The van der Waals surface area contributed by atoms with Crippen molar-refractivity contribution in [2.45, 2.75) is 57.5 Å². The summed E-state index contributed by atoms with van der Waals surface area (Å²) >= 11 is 1.65. The zero-order valence-electron chi connectivity index (χ0n) is 19.3. The van der Waals surface area contributed by atoms with Crippen LogP contribution in [0.25, 0.3) is 10.4 Å². The smallest absolute Gasteiger partial charge is 0.303 e. The van der Waals surface area contributed by atoms with Crippen molar-refractivity contribution in [2.75, 3.05) is 0 Å². The van der Waals surface area contributed by atoms with Crippen LogP contribution in [-0.4, -0.2) is 52.0 Å². The lowest BCUT2D eigenvalue weighted by molar-refractivity contribution is -0.139. The molecule has 0 fully saturated rings. The summed E-state index contributed by atoms with van der Waals surface area (Å²) in [7, 11) is 0. The second-order valence-electron chi connectivity index (χ2n) is 8.08. The largest absolute Gasteiger partial charge is 0.481 e. The van der Waals surface area contributed by atoms with Crippen LogP contribution in [0.1, 0.15) is 43.2 Å². The fourth-order valence-corrected chi connectivity index (χ4v) is 4.31. The van der Waals surface area contributed by atoms with Crippen molar-refractivity contribution in [3.63, 3.8) is 0 Å². The van der Waals surface area contributed by atoms with Gasteiger partial charge in [0.25, 0.3) is 0 Å². The molecule has 10 nitrogen and oxygen atoms in total. The molecule has 2 atom stereocenters. The number of aliphatic carboxylic acids is 2. The minimum absolute atomic E-state index is 0.0620. The molecule has 6 N–H and O–H groups in total. The molecule has 0 saturated heterocycles. The summed E-state index contributed by atoms with van der Waals surface area (Å²) in [6.07, 6.45) is -0.746. The lowest BCUT2D eigenvalue weighted by Gasteiger charge is -2.21. The number of nitrogens with one attached hydrogen (secondary N) is 2. The Morgan fingerprint density at radius 1 is 0.886 bits per heavy atom. The summed E-state index contributed by atoms with van der Waals surface area (Å²) in [6.45, 7) is 2.04. The van der Waals surface area contributed by atoms with Gasteiger partial charge in [0.2, 0.25) is 17.7 Å². The van der Waals surface area contributed by atoms with Crippen LogP contribution in [0.15, 0.2) is 35.7 Å². The van der Waals surface area contributed by atoms with Crippen molar-refractivity contribution < 1.29 is 34.2 Å². The first kappa shape index (κ1) is 27.5. The highest BCUT2D eigenvalue weighted by molar-refractivity contribution is 7.13. The first-order valence-electron chi connectivity index (χ1n) is 11.0. The van der Waals surface area contributed by atoms with E-state index in [9.17, 15) is 24.0 Å². The quantitative estimate of drug-likeness (QED) is 0.261. The molecule has 2 rings (SSSR count). The first-order valence-corrected chi connectivity index (χ1v) is 11.9. The Bertz CT molecular complexity index is 1070. The van der Waals surface area contributed by atoms with Crippen LogP contribution in [0, 0.1) is 6.92 Å². The summed E-state index contributed by atoms with van der Waals surface area (Å²) in [6, 6.07) is 7.40. The molecule has 0 spiro atoms. The predicted octanol–water partition coefficient (Wildman–Crippen LogP) is 1.84. The van der Waals surface area contributed by atoms with Crippen LogP contribution in [0.5, 0.6) is 0 Å². The first-order chi connectivity index (χ1) is 16.6. The summed E-state index contributed by atoms with van der Waals surface area (Å²) in [4.78, 5) is 59.6. The number of primary amides is 1. The maximum atomic E-state index is 12.6. The molecular weight excluding hydrogens is 474 g/mol. The highest BCUT2D eigenvalue weighted by Crippen LogP contribution is 2.29. The lowest BCUT2D eigenvalue weighted by atomic mass is 10.0. The molecule has 11 heteroatoms. The van der Waals surface area contributed by atoms with Crippen molar-refractivity contribution >= 4 is 41.0 Å². The van der Waals surface area contributed by atoms with Crippen LogP contribution in [0.2, 0.25) is 0 Å². The maximum Gasteiger partial charge on any atom is 0.303 e. The van der Waals surface area contributed by atoms with E-state index in [4.69, 9.17) is 15.9 Å². The number of carboxylic acids is 2. The summed E-state index contributed by atoms with van der Waals surface area (Å²) in [5, 5.41) is 24.6. The van der Waals surface area contributed by atoms with Gasteiger partial charge in [0, 0.05) is 24.1 Å². The average molecular weight is 504 g/mol. The molecular formula is C24H29N3O7S. The zero-order chi connectivity index (χ0) is 26.0. The maximum absolute atomic E-state index is 12.6. The standard InChI is InChI=1S/C24H29N3O7S/c1-14-12-13-35-22(14)16-5-2-15(3-6-16)4-9-19(28)26-18(8-11-21(31)32)24(34)27-17(23(25)33)7-10-20(29)30/h2-3,5-6,12-13,17-18H,4,7-11H2,1H3,(H2,25,33)(H,26,28)(H,27,34)(H,29,30)(H,31,32)/t17?,18-/m0/s1. The Balaban J connectivity index is 1.97. The third kappa shape index (κ3) is 9.20. The number of carboxylic acid groups (broad SMARTS) is 2. The number of amides is 3. The molecule has 0 aliphatic heterocycles. The second-order valence-corrected chi connectivity index (χ2v) is 8.99. The van der Waals surface area contributed by atoms with Crippen molar-refractivity contribution in [1.82, 2.24) is 10.6 Å². The molecule has 0 saturated carbocycles. The number of rotatable bonds is 14. The van der Waals surface area contributed by atoms with Crippen LogP contribution in [0.4, 0.5) is 0 Å². The minimum atomic E-state index is -1.26.